The van der Waals surface area contributed by atoms with E-state index in [0.717, 1.165) is 16.4 Å². The van der Waals surface area contributed by atoms with Gasteiger partial charge in [-0.1, -0.05) is 23.4 Å². The van der Waals surface area contributed by atoms with Crippen molar-refractivity contribution in [1.82, 2.24) is 20.0 Å². The summed E-state index contributed by atoms with van der Waals surface area (Å²) in [6, 6.07) is 12.6. The monoisotopic (exact) mass is 362 g/mol. The molecule has 7 nitrogen and oxygen atoms in total. The van der Waals surface area contributed by atoms with Gasteiger partial charge >= 0.3 is 5.97 Å². The Morgan fingerprint density at radius 3 is 2.85 bits per heavy atom. The standard InChI is InChI=1S/C20H18N4O3/c1-3-24-18-9-8-13(10-17(18)22-23-24)20(26)27-12(2)19(25)15-11-21-16-7-5-4-6-14(15)16/h4-12,21H,3H2,1-2H3/t12-/m0/s1. The van der Waals surface area contributed by atoms with Gasteiger partial charge in [-0.05, 0) is 38.1 Å². The number of carbonyl (C=O) groups excluding carboxylic acids is 2. The number of benzene rings is 2. The van der Waals surface area contributed by atoms with E-state index in [1.807, 2.05) is 31.2 Å². The molecule has 0 saturated heterocycles. The lowest BCUT2D eigenvalue weighted by Crippen LogP contribution is -2.24. The van der Waals surface area contributed by atoms with Crippen molar-refractivity contribution >= 4 is 33.7 Å². The van der Waals surface area contributed by atoms with Crippen LogP contribution < -0.4 is 0 Å². The topological polar surface area (TPSA) is 89.9 Å². The molecule has 4 rings (SSSR count). The van der Waals surface area contributed by atoms with Crippen LogP contribution >= 0.6 is 0 Å². The summed E-state index contributed by atoms with van der Waals surface area (Å²) in [5.41, 5.74) is 3.17. The zero-order valence-corrected chi connectivity index (χ0v) is 15.0. The second-order valence-corrected chi connectivity index (χ2v) is 6.27. The molecule has 0 radical (unpaired) electrons. The average molecular weight is 362 g/mol. The highest BCUT2D eigenvalue weighted by Crippen LogP contribution is 2.21. The van der Waals surface area contributed by atoms with Crippen LogP contribution in [0.5, 0.6) is 0 Å². The second kappa shape index (κ2) is 6.68. The van der Waals surface area contributed by atoms with Gasteiger partial charge in [0.05, 0.1) is 11.1 Å². The smallest absolute Gasteiger partial charge is 0.338 e. The molecule has 1 N–H and O–H groups in total. The molecule has 2 aromatic carbocycles. The first-order valence-electron chi connectivity index (χ1n) is 8.73. The van der Waals surface area contributed by atoms with Gasteiger partial charge in [-0.25, -0.2) is 9.48 Å². The molecular weight excluding hydrogens is 344 g/mol. The number of aromatic nitrogens is 4. The Balaban J connectivity index is 1.54. The molecule has 0 fully saturated rings. The van der Waals surface area contributed by atoms with Crippen molar-refractivity contribution in [2.24, 2.45) is 0 Å². The van der Waals surface area contributed by atoms with Crippen molar-refractivity contribution in [3.63, 3.8) is 0 Å². The maximum atomic E-state index is 12.7. The number of aryl methyl sites for hydroxylation is 1. The fraction of sp³-hybridized carbons (Fsp3) is 0.200. The Hall–Kier alpha value is -3.48. The third-order valence-electron chi connectivity index (χ3n) is 4.56. The van der Waals surface area contributed by atoms with Crippen LogP contribution in [0.2, 0.25) is 0 Å². The van der Waals surface area contributed by atoms with Gasteiger partial charge in [0.2, 0.25) is 5.78 Å². The van der Waals surface area contributed by atoms with E-state index >= 15 is 0 Å². The SMILES string of the molecule is CCn1nnc2cc(C(=O)O[C@@H](C)C(=O)c3c[nH]c4ccccc34)ccc21. The van der Waals surface area contributed by atoms with Crippen molar-refractivity contribution < 1.29 is 14.3 Å². The summed E-state index contributed by atoms with van der Waals surface area (Å²) in [4.78, 5) is 28.3. The Kier molecular flexibility index (Phi) is 4.19. The van der Waals surface area contributed by atoms with Crippen LogP contribution in [0.1, 0.15) is 34.6 Å². The number of aromatic amines is 1. The van der Waals surface area contributed by atoms with Crippen LogP contribution in [0.15, 0.2) is 48.7 Å². The molecule has 0 aliphatic rings. The fourth-order valence-corrected chi connectivity index (χ4v) is 3.11. The summed E-state index contributed by atoms with van der Waals surface area (Å²) >= 11 is 0. The van der Waals surface area contributed by atoms with Crippen molar-refractivity contribution in [3.8, 4) is 0 Å². The zero-order chi connectivity index (χ0) is 19.0. The maximum Gasteiger partial charge on any atom is 0.338 e. The van der Waals surface area contributed by atoms with E-state index in [1.165, 1.54) is 0 Å². The molecule has 27 heavy (non-hydrogen) atoms. The number of esters is 1. The van der Waals surface area contributed by atoms with Crippen molar-refractivity contribution in [1.29, 1.82) is 0 Å². The lowest BCUT2D eigenvalue weighted by molar-refractivity contribution is 0.0319. The highest BCUT2D eigenvalue weighted by Gasteiger charge is 2.23. The number of nitrogens with zero attached hydrogens (tertiary/aromatic N) is 3. The largest absolute Gasteiger partial charge is 0.451 e. The normalized spacial score (nSPS) is 12.4. The van der Waals surface area contributed by atoms with E-state index in [4.69, 9.17) is 4.74 Å². The first-order valence-corrected chi connectivity index (χ1v) is 8.73. The predicted octanol–water partition coefficient (Wildman–Crippen LogP) is 3.36. The van der Waals surface area contributed by atoms with Crippen LogP contribution in [0, 0.1) is 0 Å². The minimum Gasteiger partial charge on any atom is -0.451 e. The maximum absolute atomic E-state index is 12.7. The first kappa shape index (κ1) is 17.0. The third kappa shape index (κ3) is 2.97. The van der Waals surface area contributed by atoms with Gasteiger partial charge in [-0.15, -0.1) is 5.10 Å². The number of H-pyrrole nitrogens is 1. The van der Waals surface area contributed by atoms with Gasteiger partial charge in [0.15, 0.2) is 6.10 Å². The third-order valence-corrected chi connectivity index (χ3v) is 4.56. The van der Waals surface area contributed by atoms with Gasteiger partial charge in [-0.2, -0.15) is 0 Å². The second-order valence-electron chi connectivity index (χ2n) is 6.27. The summed E-state index contributed by atoms with van der Waals surface area (Å²) in [5, 5.41) is 8.89. The number of hydrogen-bond donors (Lipinski definition) is 1. The van der Waals surface area contributed by atoms with Crippen molar-refractivity contribution in [2.45, 2.75) is 26.5 Å². The van der Waals surface area contributed by atoms with E-state index in [1.54, 1.807) is 36.0 Å². The zero-order valence-electron chi connectivity index (χ0n) is 15.0. The molecule has 2 heterocycles. The summed E-state index contributed by atoms with van der Waals surface area (Å²) in [6.07, 6.45) is 0.741. The van der Waals surface area contributed by atoms with Gasteiger partial charge in [0.25, 0.3) is 0 Å². The fourth-order valence-electron chi connectivity index (χ4n) is 3.11. The molecule has 0 aliphatic heterocycles. The first-order chi connectivity index (χ1) is 13.1. The lowest BCUT2D eigenvalue weighted by Gasteiger charge is -2.12. The molecule has 7 heteroatoms. The number of ketones is 1. The van der Waals surface area contributed by atoms with E-state index in [0.29, 0.717) is 23.2 Å². The molecule has 136 valence electrons. The minimum absolute atomic E-state index is 0.251. The molecule has 0 aliphatic carbocycles. The van der Waals surface area contributed by atoms with E-state index in [-0.39, 0.29) is 5.78 Å². The number of rotatable bonds is 5. The molecule has 0 saturated carbocycles. The van der Waals surface area contributed by atoms with Crippen molar-refractivity contribution in [2.75, 3.05) is 0 Å². The Morgan fingerprint density at radius 1 is 1.22 bits per heavy atom. The highest BCUT2D eigenvalue weighted by molar-refractivity contribution is 6.10. The van der Waals surface area contributed by atoms with Crippen LogP contribution in [-0.4, -0.2) is 37.8 Å². The number of para-hydroxylation sites is 1. The highest BCUT2D eigenvalue weighted by atomic mass is 16.5. The van der Waals surface area contributed by atoms with Gasteiger partial charge in [0, 0.05) is 29.2 Å². The lowest BCUT2D eigenvalue weighted by atomic mass is 10.1. The Bertz CT molecular complexity index is 1160. The van der Waals surface area contributed by atoms with Gasteiger partial charge < -0.3 is 9.72 Å². The van der Waals surface area contributed by atoms with Crippen molar-refractivity contribution in [3.05, 3.63) is 59.8 Å². The van der Waals surface area contributed by atoms with E-state index in [2.05, 4.69) is 15.3 Å². The molecule has 4 aromatic rings. The number of carbonyl (C=O) groups is 2. The molecule has 0 spiro atoms. The summed E-state index contributed by atoms with van der Waals surface area (Å²) in [5.74, 6) is -0.817. The molecule has 0 unspecified atom stereocenters. The molecule has 1 atom stereocenters. The van der Waals surface area contributed by atoms with Gasteiger partial charge in [-0.3, -0.25) is 4.79 Å². The Labute approximate surface area is 154 Å². The summed E-state index contributed by atoms with van der Waals surface area (Å²) in [7, 11) is 0. The number of ether oxygens (including phenoxy) is 1. The summed E-state index contributed by atoms with van der Waals surface area (Å²) < 4.78 is 7.14. The summed E-state index contributed by atoms with van der Waals surface area (Å²) in [6.45, 7) is 4.23. The van der Waals surface area contributed by atoms with Crippen LogP contribution in [0.3, 0.4) is 0 Å². The van der Waals surface area contributed by atoms with Crippen LogP contribution in [-0.2, 0) is 11.3 Å². The number of nitrogens with one attached hydrogen (secondary N) is 1. The minimum atomic E-state index is -0.904. The molecule has 0 bridgehead atoms. The Morgan fingerprint density at radius 2 is 2.04 bits per heavy atom. The quantitative estimate of drug-likeness (QED) is 0.434. The molecule has 2 aromatic heterocycles. The molecule has 0 amide bonds. The van der Waals surface area contributed by atoms with Crippen LogP contribution in [0.4, 0.5) is 0 Å². The average Bonchev–Trinajstić information content (AvgIpc) is 3.30. The number of hydrogen-bond acceptors (Lipinski definition) is 5. The van der Waals surface area contributed by atoms with Gasteiger partial charge in [0.1, 0.15) is 5.52 Å². The number of fused-ring (bicyclic) bond motifs is 2. The van der Waals surface area contributed by atoms with E-state index < -0.39 is 12.1 Å². The molecular formula is C20H18N4O3. The predicted molar refractivity (Wildman–Crippen MR) is 101 cm³/mol. The van der Waals surface area contributed by atoms with E-state index in [9.17, 15) is 9.59 Å². The van der Waals surface area contributed by atoms with Crippen LogP contribution in [0.25, 0.3) is 21.9 Å². The number of Topliss-reactive ketones (excluding diaryl/α,β-unsaturated/α-hetero) is 1.